The Kier molecular flexibility index (Phi) is 4.28. The number of hydrogen-bond donors (Lipinski definition) is 0. The van der Waals surface area contributed by atoms with Crippen LogP contribution in [-0.4, -0.2) is 40.0 Å². The normalized spacial score (nSPS) is 22.1. The molecule has 1 saturated heterocycles. The lowest BCUT2D eigenvalue weighted by atomic mass is 10.1. The van der Waals surface area contributed by atoms with Gasteiger partial charge in [0.1, 0.15) is 11.0 Å². The van der Waals surface area contributed by atoms with E-state index in [9.17, 15) is 0 Å². The van der Waals surface area contributed by atoms with Crippen LogP contribution in [0.4, 0.5) is 0 Å². The zero-order valence-electron chi connectivity index (χ0n) is 10.5. The van der Waals surface area contributed by atoms with E-state index in [1.165, 1.54) is 5.75 Å². The van der Waals surface area contributed by atoms with Crippen LogP contribution in [0.25, 0.3) is 0 Å². The fourth-order valence-electron chi connectivity index (χ4n) is 1.86. The first-order chi connectivity index (χ1) is 8.08. The van der Waals surface area contributed by atoms with Crippen molar-refractivity contribution in [2.24, 2.45) is 0 Å². The van der Waals surface area contributed by atoms with Crippen LogP contribution < -0.4 is 0 Å². The summed E-state index contributed by atoms with van der Waals surface area (Å²) in [5, 5.41) is 0.558. The number of rotatable bonds is 2. The third-order valence-corrected chi connectivity index (χ3v) is 4.23. The summed E-state index contributed by atoms with van der Waals surface area (Å²) >= 11 is 8.04. The van der Waals surface area contributed by atoms with Gasteiger partial charge in [0.2, 0.25) is 0 Å². The molecule has 0 amide bonds. The zero-order valence-corrected chi connectivity index (χ0v) is 12.1. The van der Waals surface area contributed by atoms with E-state index in [-0.39, 0.29) is 0 Å². The van der Waals surface area contributed by atoms with E-state index in [0.29, 0.717) is 17.1 Å². The Bertz CT molecular complexity index is 397. The molecule has 5 heteroatoms. The van der Waals surface area contributed by atoms with Crippen molar-refractivity contribution in [3.05, 3.63) is 22.7 Å². The quantitative estimate of drug-likeness (QED) is 0.774. The van der Waals surface area contributed by atoms with E-state index in [2.05, 4.69) is 35.8 Å². The van der Waals surface area contributed by atoms with Gasteiger partial charge in [-0.3, -0.25) is 4.90 Å². The van der Waals surface area contributed by atoms with Gasteiger partial charge in [0.25, 0.3) is 0 Å². The molecule has 0 saturated carbocycles. The minimum Gasteiger partial charge on any atom is -0.295 e. The van der Waals surface area contributed by atoms with Crippen LogP contribution in [0.5, 0.6) is 0 Å². The topological polar surface area (TPSA) is 29.0 Å². The summed E-state index contributed by atoms with van der Waals surface area (Å²) in [6.45, 7) is 5.34. The average Bonchev–Trinajstić information content (AvgIpc) is 2.28. The maximum Gasteiger partial charge on any atom is 0.148 e. The second-order valence-electron chi connectivity index (χ2n) is 4.70. The molecule has 1 aromatic rings. The molecule has 0 aliphatic carbocycles. The molecule has 1 aliphatic rings. The predicted octanol–water partition coefficient (Wildman–Crippen LogP) is 2.97. The maximum atomic E-state index is 6.08. The van der Waals surface area contributed by atoms with Crippen LogP contribution in [0, 0.1) is 0 Å². The zero-order chi connectivity index (χ0) is 12.4. The summed E-state index contributed by atoms with van der Waals surface area (Å²) in [5.74, 6) is 3.49. The van der Waals surface area contributed by atoms with Gasteiger partial charge in [-0.15, -0.1) is 0 Å². The number of halogens is 1. The van der Waals surface area contributed by atoms with E-state index in [1.54, 1.807) is 0 Å². The standard InChI is InChI=1S/C12H18ClN3S/c1-8(2)9-6-11(13)15-12(14-9)10-7-17-5-4-16(10)3/h6,8,10H,4-5,7H2,1-3H3. The van der Waals surface area contributed by atoms with E-state index >= 15 is 0 Å². The van der Waals surface area contributed by atoms with Gasteiger partial charge in [0.15, 0.2) is 0 Å². The van der Waals surface area contributed by atoms with Crippen LogP contribution in [-0.2, 0) is 0 Å². The van der Waals surface area contributed by atoms with Gasteiger partial charge in [0.05, 0.1) is 6.04 Å². The summed E-state index contributed by atoms with van der Waals surface area (Å²) in [7, 11) is 2.13. The van der Waals surface area contributed by atoms with E-state index in [1.807, 2.05) is 17.8 Å². The predicted molar refractivity (Wildman–Crippen MR) is 73.8 cm³/mol. The van der Waals surface area contributed by atoms with Crippen molar-refractivity contribution in [3.63, 3.8) is 0 Å². The molecular weight excluding hydrogens is 254 g/mol. The molecule has 0 radical (unpaired) electrons. The van der Waals surface area contributed by atoms with Gasteiger partial charge >= 0.3 is 0 Å². The fraction of sp³-hybridized carbons (Fsp3) is 0.667. The molecule has 1 aromatic heterocycles. The fourth-order valence-corrected chi connectivity index (χ4v) is 3.27. The van der Waals surface area contributed by atoms with Crippen molar-refractivity contribution in [2.75, 3.05) is 25.1 Å². The Morgan fingerprint density at radius 3 is 2.88 bits per heavy atom. The maximum absolute atomic E-state index is 6.08. The van der Waals surface area contributed by atoms with Gasteiger partial charge in [-0.25, -0.2) is 9.97 Å². The Labute approximate surface area is 112 Å². The first-order valence-electron chi connectivity index (χ1n) is 5.90. The van der Waals surface area contributed by atoms with E-state index < -0.39 is 0 Å². The van der Waals surface area contributed by atoms with Crippen molar-refractivity contribution >= 4 is 23.4 Å². The third kappa shape index (κ3) is 3.12. The molecule has 1 fully saturated rings. The molecule has 94 valence electrons. The molecule has 17 heavy (non-hydrogen) atoms. The van der Waals surface area contributed by atoms with E-state index in [0.717, 1.165) is 23.8 Å². The highest BCUT2D eigenvalue weighted by atomic mass is 35.5. The molecule has 1 unspecified atom stereocenters. The van der Waals surface area contributed by atoms with Gasteiger partial charge in [-0.2, -0.15) is 11.8 Å². The van der Waals surface area contributed by atoms with Crippen molar-refractivity contribution in [1.82, 2.24) is 14.9 Å². The minimum atomic E-state index is 0.296. The second-order valence-corrected chi connectivity index (χ2v) is 6.24. The lowest BCUT2D eigenvalue weighted by Gasteiger charge is -2.31. The van der Waals surface area contributed by atoms with Crippen LogP contribution in [0.2, 0.25) is 5.15 Å². The Hall–Kier alpha value is -0.320. The van der Waals surface area contributed by atoms with Gasteiger partial charge in [-0.1, -0.05) is 25.4 Å². The van der Waals surface area contributed by atoms with Crippen molar-refractivity contribution in [3.8, 4) is 0 Å². The molecule has 1 aliphatic heterocycles. The first-order valence-corrected chi connectivity index (χ1v) is 7.43. The van der Waals surface area contributed by atoms with Crippen molar-refractivity contribution in [1.29, 1.82) is 0 Å². The molecule has 3 nitrogen and oxygen atoms in total. The smallest absolute Gasteiger partial charge is 0.148 e. The molecule has 1 atom stereocenters. The first kappa shape index (κ1) is 13.1. The largest absolute Gasteiger partial charge is 0.295 e. The molecule has 2 rings (SSSR count). The van der Waals surface area contributed by atoms with Gasteiger partial charge < -0.3 is 0 Å². The Morgan fingerprint density at radius 1 is 1.47 bits per heavy atom. The Morgan fingerprint density at radius 2 is 2.24 bits per heavy atom. The summed E-state index contributed by atoms with van der Waals surface area (Å²) in [6.07, 6.45) is 0. The highest BCUT2D eigenvalue weighted by Gasteiger charge is 2.24. The highest BCUT2D eigenvalue weighted by Crippen LogP contribution is 2.27. The third-order valence-electron chi connectivity index (χ3n) is 3.02. The van der Waals surface area contributed by atoms with Crippen LogP contribution >= 0.6 is 23.4 Å². The summed E-state index contributed by atoms with van der Waals surface area (Å²) in [5.41, 5.74) is 1.03. The SMILES string of the molecule is CC(C)c1cc(Cl)nc(C2CSCCN2C)n1. The van der Waals surface area contributed by atoms with Crippen molar-refractivity contribution < 1.29 is 0 Å². The molecule has 2 heterocycles. The average molecular weight is 272 g/mol. The van der Waals surface area contributed by atoms with Gasteiger partial charge in [-0.05, 0) is 19.0 Å². The summed E-state index contributed by atoms with van der Waals surface area (Å²) in [4.78, 5) is 11.4. The van der Waals surface area contributed by atoms with Crippen LogP contribution in [0.3, 0.4) is 0 Å². The number of aromatic nitrogens is 2. The number of nitrogens with zero attached hydrogens (tertiary/aromatic N) is 3. The molecule has 0 N–H and O–H groups in total. The second kappa shape index (κ2) is 5.55. The molecular formula is C12H18ClN3S. The summed E-state index contributed by atoms with van der Waals surface area (Å²) < 4.78 is 0. The van der Waals surface area contributed by atoms with Gasteiger partial charge in [0, 0.05) is 23.7 Å². The molecule has 0 bridgehead atoms. The van der Waals surface area contributed by atoms with E-state index in [4.69, 9.17) is 11.6 Å². The number of hydrogen-bond acceptors (Lipinski definition) is 4. The highest BCUT2D eigenvalue weighted by molar-refractivity contribution is 7.99. The summed E-state index contributed by atoms with van der Waals surface area (Å²) in [6, 6.07) is 2.16. The van der Waals surface area contributed by atoms with Crippen molar-refractivity contribution in [2.45, 2.75) is 25.8 Å². The lowest BCUT2D eigenvalue weighted by Crippen LogP contribution is -2.34. The molecule has 0 spiro atoms. The van der Waals surface area contributed by atoms with Crippen LogP contribution in [0.1, 0.15) is 37.3 Å². The Balaban J connectivity index is 2.30. The number of thioether (sulfide) groups is 1. The monoisotopic (exact) mass is 271 g/mol. The molecule has 0 aromatic carbocycles. The minimum absolute atomic E-state index is 0.296. The lowest BCUT2D eigenvalue weighted by molar-refractivity contribution is 0.264. The van der Waals surface area contributed by atoms with Crippen LogP contribution in [0.15, 0.2) is 6.07 Å².